The molecule has 0 radical (unpaired) electrons. The Bertz CT molecular complexity index is 625. The van der Waals surface area contributed by atoms with Crippen LogP contribution in [0, 0.1) is 6.92 Å². The lowest BCUT2D eigenvalue weighted by atomic mass is 9.98. The third-order valence-electron chi connectivity index (χ3n) is 3.29. The zero-order chi connectivity index (χ0) is 14.7. The van der Waals surface area contributed by atoms with Crippen LogP contribution < -0.4 is 9.47 Å². The Hall–Kier alpha value is -2.23. The van der Waals surface area contributed by atoms with Crippen LogP contribution in [0.1, 0.15) is 34.2 Å². The van der Waals surface area contributed by atoms with E-state index in [9.17, 15) is 4.79 Å². The van der Waals surface area contributed by atoms with Crippen molar-refractivity contribution in [1.82, 2.24) is 0 Å². The molecule has 0 atom stereocenters. The van der Waals surface area contributed by atoms with E-state index in [2.05, 4.69) is 0 Å². The fraction of sp³-hybridized carbons (Fsp3) is 0.312. The van der Waals surface area contributed by atoms with Gasteiger partial charge in [-0.1, -0.05) is 6.92 Å². The number of methoxy groups -OCH3 is 2. The topological polar surface area (TPSA) is 48.7 Å². The van der Waals surface area contributed by atoms with Gasteiger partial charge in [-0.3, -0.25) is 4.79 Å². The molecule has 1 aromatic heterocycles. The molecule has 0 amide bonds. The average Bonchev–Trinajstić information content (AvgIpc) is 2.94. The van der Waals surface area contributed by atoms with E-state index in [1.165, 1.54) is 0 Å². The highest BCUT2D eigenvalue weighted by Gasteiger charge is 2.19. The summed E-state index contributed by atoms with van der Waals surface area (Å²) < 4.78 is 15.8. The molecule has 106 valence electrons. The first-order chi connectivity index (χ1) is 9.62. The van der Waals surface area contributed by atoms with Gasteiger partial charge in [-0.25, -0.2) is 0 Å². The summed E-state index contributed by atoms with van der Waals surface area (Å²) in [5.74, 6) is 1.80. The fourth-order valence-electron chi connectivity index (χ4n) is 2.19. The maximum absolute atomic E-state index is 12.6. The first-order valence-corrected chi connectivity index (χ1v) is 6.46. The first-order valence-electron chi connectivity index (χ1n) is 6.46. The van der Waals surface area contributed by atoms with Crippen molar-refractivity contribution in [2.75, 3.05) is 14.2 Å². The van der Waals surface area contributed by atoms with Gasteiger partial charge in [-0.2, -0.15) is 0 Å². The van der Waals surface area contributed by atoms with Gasteiger partial charge in [0.1, 0.15) is 5.76 Å². The van der Waals surface area contributed by atoms with Crippen molar-refractivity contribution in [3.63, 3.8) is 0 Å². The number of hydrogen-bond acceptors (Lipinski definition) is 4. The summed E-state index contributed by atoms with van der Waals surface area (Å²) in [6, 6.07) is 5.22. The Morgan fingerprint density at radius 2 is 1.80 bits per heavy atom. The SMILES string of the molecule is CCc1occc1C(=O)c1cc(OC)c(OC)cc1C. The predicted molar refractivity (Wildman–Crippen MR) is 75.8 cm³/mol. The number of benzene rings is 1. The maximum Gasteiger partial charge on any atom is 0.196 e. The number of hydrogen-bond donors (Lipinski definition) is 0. The highest BCUT2D eigenvalue weighted by atomic mass is 16.5. The molecule has 0 unspecified atom stereocenters. The third-order valence-corrected chi connectivity index (χ3v) is 3.29. The lowest BCUT2D eigenvalue weighted by Gasteiger charge is -2.12. The monoisotopic (exact) mass is 274 g/mol. The van der Waals surface area contributed by atoms with E-state index >= 15 is 0 Å². The predicted octanol–water partition coefficient (Wildman–Crippen LogP) is 3.40. The van der Waals surface area contributed by atoms with Gasteiger partial charge in [0.2, 0.25) is 0 Å². The molecule has 0 aliphatic carbocycles. The van der Waals surface area contributed by atoms with Gasteiger partial charge in [-0.05, 0) is 30.7 Å². The van der Waals surface area contributed by atoms with Crippen LogP contribution in [0.3, 0.4) is 0 Å². The first kappa shape index (κ1) is 14.2. The van der Waals surface area contributed by atoms with Gasteiger partial charge in [0.15, 0.2) is 17.3 Å². The molecule has 1 heterocycles. The van der Waals surface area contributed by atoms with E-state index in [-0.39, 0.29) is 5.78 Å². The van der Waals surface area contributed by atoms with Crippen LogP contribution >= 0.6 is 0 Å². The lowest BCUT2D eigenvalue weighted by Crippen LogP contribution is -2.06. The largest absolute Gasteiger partial charge is 0.493 e. The summed E-state index contributed by atoms with van der Waals surface area (Å²) in [4.78, 5) is 12.6. The van der Waals surface area contributed by atoms with Crippen molar-refractivity contribution >= 4 is 5.78 Å². The average molecular weight is 274 g/mol. The molecule has 1 aromatic carbocycles. The lowest BCUT2D eigenvalue weighted by molar-refractivity contribution is 0.103. The molecule has 2 rings (SSSR count). The molecule has 0 spiro atoms. The molecule has 0 fully saturated rings. The van der Waals surface area contributed by atoms with Gasteiger partial charge < -0.3 is 13.9 Å². The molecular formula is C16H18O4. The number of carbonyl (C=O) groups excluding carboxylic acids is 1. The summed E-state index contributed by atoms with van der Waals surface area (Å²) in [6.07, 6.45) is 2.22. The minimum atomic E-state index is -0.0611. The van der Waals surface area contributed by atoms with Crippen molar-refractivity contribution in [1.29, 1.82) is 0 Å². The van der Waals surface area contributed by atoms with Crippen LogP contribution in [0.5, 0.6) is 11.5 Å². The van der Waals surface area contributed by atoms with Crippen molar-refractivity contribution in [3.05, 3.63) is 46.9 Å². The van der Waals surface area contributed by atoms with Crippen LogP contribution in [0.25, 0.3) is 0 Å². The Morgan fingerprint density at radius 3 is 2.40 bits per heavy atom. The minimum absolute atomic E-state index is 0.0611. The highest BCUT2D eigenvalue weighted by Crippen LogP contribution is 2.31. The zero-order valence-corrected chi connectivity index (χ0v) is 12.1. The number of furan rings is 1. The highest BCUT2D eigenvalue weighted by molar-refractivity contribution is 6.10. The van der Waals surface area contributed by atoms with Gasteiger partial charge in [0.05, 0.1) is 26.0 Å². The number of aryl methyl sites for hydroxylation is 2. The Labute approximate surface area is 118 Å². The van der Waals surface area contributed by atoms with Gasteiger partial charge >= 0.3 is 0 Å². The summed E-state index contributed by atoms with van der Waals surface area (Å²) in [7, 11) is 3.13. The Kier molecular flexibility index (Phi) is 4.13. The maximum atomic E-state index is 12.6. The fourth-order valence-corrected chi connectivity index (χ4v) is 2.19. The molecule has 4 nitrogen and oxygen atoms in total. The molecule has 0 aliphatic heterocycles. The Morgan fingerprint density at radius 1 is 1.15 bits per heavy atom. The van der Waals surface area contributed by atoms with Crippen LogP contribution in [0.4, 0.5) is 0 Å². The molecule has 0 aliphatic rings. The number of rotatable bonds is 5. The van der Waals surface area contributed by atoms with E-state index in [1.54, 1.807) is 38.7 Å². The molecule has 20 heavy (non-hydrogen) atoms. The molecule has 0 saturated heterocycles. The summed E-state index contributed by atoms with van der Waals surface area (Å²) in [5.41, 5.74) is 2.04. The van der Waals surface area contributed by atoms with Gasteiger partial charge in [0, 0.05) is 12.0 Å². The van der Waals surface area contributed by atoms with Crippen molar-refractivity contribution in [2.24, 2.45) is 0 Å². The second-order valence-corrected chi connectivity index (χ2v) is 4.46. The number of ether oxygens (including phenoxy) is 2. The third kappa shape index (κ3) is 2.41. The van der Waals surface area contributed by atoms with Crippen molar-refractivity contribution < 1.29 is 18.7 Å². The van der Waals surface area contributed by atoms with Gasteiger partial charge in [0.25, 0.3) is 0 Å². The van der Waals surface area contributed by atoms with Crippen LogP contribution in [0.15, 0.2) is 28.9 Å². The molecule has 4 heteroatoms. The summed E-state index contributed by atoms with van der Waals surface area (Å²) >= 11 is 0. The molecule has 0 saturated carbocycles. The summed E-state index contributed by atoms with van der Waals surface area (Å²) in [5, 5.41) is 0. The molecule has 0 N–H and O–H groups in total. The van der Waals surface area contributed by atoms with E-state index in [4.69, 9.17) is 13.9 Å². The summed E-state index contributed by atoms with van der Waals surface area (Å²) in [6.45, 7) is 3.83. The van der Waals surface area contributed by atoms with Gasteiger partial charge in [-0.15, -0.1) is 0 Å². The van der Waals surface area contributed by atoms with E-state index in [0.717, 1.165) is 5.56 Å². The smallest absolute Gasteiger partial charge is 0.196 e. The van der Waals surface area contributed by atoms with Crippen LogP contribution in [-0.2, 0) is 6.42 Å². The zero-order valence-electron chi connectivity index (χ0n) is 12.1. The van der Waals surface area contributed by atoms with Crippen molar-refractivity contribution in [2.45, 2.75) is 20.3 Å². The van der Waals surface area contributed by atoms with E-state index in [1.807, 2.05) is 13.8 Å². The van der Waals surface area contributed by atoms with Crippen LogP contribution in [-0.4, -0.2) is 20.0 Å². The standard InChI is InChI=1S/C16H18O4/c1-5-13-11(6-7-20-13)16(17)12-9-15(19-4)14(18-3)8-10(12)2/h6-9H,5H2,1-4H3. The normalized spacial score (nSPS) is 10.4. The minimum Gasteiger partial charge on any atom is -0.493 e. The van der Waals surface area contributed by atoms with E-state index in [0.29, 0.717) is 34.8 Å². The second kappa shape index (κ2) is 5.82. The molecule has 0 bridgehead atoms. The van der Waals surface area contributed by atoms with Crippen molar-refractivity contribution in [3.8, 4) is 11.5 Å². The Balaban J connectivity index is 2.50. The molecular weight excluding hydrogens is 256 g/mol. The number of ketones is 1. The molecule has 2 aromatic rings. The number of carbonyl (C=O) groups is 1. The second-order valence-electron chi connectivity index (χ2n) is 4.46. The van der Waals surface area contributed by atoms with Crippen LogP contribution in [0.2, 0.25) is 0 Å². The quantitative estimate of drug-likeness (QED) is 0.784. The van der Waals surface area contributed by atoms with E-state index < -0.39 is 0 Å².